The van der Waals surface area contributed by atoms with Gasteiger partial charge in [0.1, 0.15) is 11.9 Å². The maximum Gasteiger partial charge on any atom is 0.287 e. The van der Waals surface area contributed by atoms with Crippen molar-refractivity contribution in [2.45, 2.75) is 56.8 Å². The van der Waals surface area contributed by atoms with E-state index < -0.39 is 23.8 Å². The van der Waals surface area contributed by atoms with Crippen molar-refractivity contribution in [3.63, 3.8) is 0 Å². The molecule has 3 aromatic carbocycles. The molecule has 2 aliphatic rings. The summed E-state index contributed by atoms with van der Waals surface area (Å²) in [5.74, 6) is -0.550. The van der Waals surface area contributed by atoms with Crippen LogP contribution in [0.2, 0.25) is 5.02 Å². The molecule has 1 aliphatic carbocycles. The molecule has 0 aromatic heterocycles. The lowest BCUT2D eigenvalue weighted by molar-refractivity contribution is -0.139. The van der Waals surface area contributed by atoms with E-state index in [1.807, 2.05) is 36.4 Å². The average Bonchev–Trinajstić information content (AvgIpc) is 3.58. The van der Waals surface area contributed by atoms with Crippen LogP contribution in [0.4, 0.5) is 0 Å². The van der Waals surface area contributed by atoms with Gasteiger partial charge in [0, 0.05) is 13.0 Å². The lowest BCUT2D eigenvalue weighted by atomic mass is 10.00. The minimum absolute atomic E-state index is 0.107. The first kappa shape index (κ1) is 25.7. The van der Waals surface area contributed by atoms with Crippen molar-refractivity contribution in [2.75, 3.05) is 19.6 Å². The SMILES string of the molecule is O=C(CCc1ccc2ccccc2c1)C(=O)N[C@H](CN1CCCC1)[C@H](O)c1ccc(OC2CC2)c(Cl)c1. The smallest absolute Gasteiger partial charge is 0.287 e. The molecule has 0 unspecified atom stereocenters. The number of ether oxygens (including phenoxy) is 1. The zero-order valence-corrected chi connectivity index (χ0v) is 21.6. The Morgan fingerprint density at radius 2 is 1.78 bits per heavy atom. The molecular weight excluding hydrogens is 488 g/mol. The number of aliphatic hydroxyl groups excluding tert-OH is 1. The number of aryl methyl sites for hydroxylation is 1. The number of hydrogen-bond donors (Lipinski definition) is 2. The molecule has 5 rings (SSSR count). The van der Waals surface area contributed by atoms with Gasteiger partial charge in [-0.2, -0.15) is 0 Å². The highest BCUT2D eigenvalue weighted by atomic mass is 35.5. The van der Waals surface area contributed by atoms with Gasteiger partial charge in [-0.25, -0.2) is 0 Å². The predicted molar refractivity (Wildman–Crippen MR) is 145 cm³/mol. The van der Waals surface area contributed by atoms with Crippen molar-refractivity contribution in [3.05, 3.63) is 76.8 Å². The van der Waals surface area contributed by atoms with Crippen molar-refractivity contribution < 1.29 is 19.4 Å². The number of fused-ring (bicyclic) bond motifs is 1. The lowest BCUT2D eigenvalue weighted by Gasteiger charge is -2.28. The van der Waals surface area contributed by atoms with Crippen LogP contribution in [0.1, 0.15) is 49.3 Å². The second kappa shape index (κ2) is 11.6. The molecule has 37 heavy (non-hydrogen) atoms. The first-order chi connectivity index (χ1) is 18.0. The number of aliphatic hydroxyl groups is 1. The Bertz CT molecular complexity index is 1270. The number of nitrogens with zero attached hydrogens (tertiary/aromatic N) is 1. The van der Waals surface area contributed by atoms with Crippen LogP contribution >= 0.6 is 11.6 Å². The number of carbonyl (C=O) groups excluding carboxylic acids is 2. The van der Waals surface area contributed by atoms with Crippen LogP contribution in [0.15, 0.2) is 60.7 Å². The molecule has 1 aliphatic heterocycles. The van der Waals surface area contributed by atoms with Crippen LogP contribution in [0.3, 0.4) is 0 Å². The maximum atomic E-state index is 12.9. The molecule has 2 N–H and O–H groups in total. The topological polar surface area (TPSA) is 78.9 Å². The molecular formula is C30H33ClN2O4. The molecule has 1 saturated heterocycles. The number of carbonyl (C=O) groups is 2. The van der Waals surface area contributed by atoms with E-state index in [-0.39, 0.29) is 12.5 Å². The number of ketones is 1. The Labute approximate surface area is 222 Å². The van der Waals surface area contributed by atoms with Gasteiger partial charge in [-0.1, -0.05) is 60.1 Å². The molecule has 2 fully saturated rings. The van der Waals surface area contributed by atoms with E-state index in [4.69, 9.17) is 16.3 Å². The Hall–Kier alpha value is -2.93. The van der Waals surface area contributed by atoms with Gasteiger partial charge in [0.15, 0.2) is 0 Å². The van der Waals surface area contributed by atoms with Crippen molar-refractivity contribution in [1.82, 2.24) is 10.2 Å². The number of rotatable bonds is 11. The minimum atomic E-state index is -1.01. The van der Waals surface area contributed by atoms with Gasteiger partial charge in [-0.05, 0) is 79.2 Å². The van der Waals surface area contributed by atoms with Gasteiger partial charge in [0.2, 0.25) is 5.78 Å². The summed E-state index contributed by atoms with van der Waals surface area (Å²) in [5, 5.41) is 16.7. The number of Topliss-reactive ketones (excluding diaryl/α,β-unsaturated/α-hetero) is 1. The Morgan fingerprint density at radius 1 is 1.03 bits per heavy atom. The molecule has 2 atom stereocenters. The zero-order valence-electron chi connectivity index (χ0n) is 20.9. The summed E-state index contributed by atoms with van der Waals surface area (Å²) in [6.45, 7) is 2.27. The normalized spacial score (nSPS) is 17.5. The fraction of sp³-hybridized carbons (Fsp3) is 0.400. The van der Waals surface area contributed by atoms with Gasteiger partial charge in [0.05, 0.1) is 17.2 Å². The van der Waals surface area contributed by atoms with Crippen LogP contribution in [-0.2, 0) is 16.0 Å². The highest BCUT2D eigenvalue weighted by molar-refractivity contribution is 6.36. The molecule has 0 spiro atoms. The fourth-order valence-corrected chi connectivity index (χ4v) is 5.11. The highest BCUT2D eigenvalue weighted by Crippen LogP contribution is 2.34. The Kier molecular flexibility index (Phi) is 8.08. The second-order valence-electron chi connectivity index (χ2n) is 10.1. The summed E-state index contributed by atoms with van der Waals surface area (Å²) in [4.78, 5) is 27.9. The van der Waals surface area contributed by atoms with Crippen molar-refractivity contribution >= 4 is 34.1 Å². The third kappa shape index (κ3) is 6.69. The molecule has 1 saturated carbocycles. The van der Waals surface area contributed by atoms with E-state index in [0.717, 1.165) is 55.1 Å². The third-order valence-corrected chi connectivity index (χ3v) is 7.47. The van der Waals surface area contributed by atoms with E-state index in [2.05, 4.69) is 16.3 Å². The summed E-state index contributed by atoms with van der Waals surface area (Å²) in [6, 6.07) is 18.7. The first-order valence-corrected chi connectivity index (χ1v) is 13.5. The van der Waals surface area contributed by atoms with Crippen LogP contribution in [0.25, 0.3) is 10.8 Å². The number of nitrogens with one attached hydrogen (secondary N) is 1. The van der Waals surface area contributed by atoms with Crippen LogP contribution in [0.5, 0.6) is 5.75 Å². The second-order valence-corrected chi connectivity index (χ2v) is 10.6. The zero-order chi connectivity index (χ0) is 25.8. The highest BCUT2D eigenvalue weighted by Gasteiger charge is 2.29. The molecule has 194 valence electrons. The number of hydrogen-bond acceptors (Lipinski definition) is 5. The van der Waals surface area contributed by atoms with Crippen molar-refractivity contribution in [2.24, 2.45) is 0 Å². The molecule has 1 heterocycles. The van der Waals surface area contributed by atoms with E-state index in [0.29, 0.717) is 29.3 Å². The maximum absolute atomic E-state index is 12.9. The van der Waals surface area contributed by atoms with Crippen LogP contribution in [-0.4, -0.2) is 53.5 Å². The number of likely N-dealkylation sites (tertiary alicyclic amines) is 1. The fourth-order valence-electron chi connectivity index (χ4n) is 4.88. The van der Waals surface area contributed by atoms with Gasteiger partial charge in [-0.3, -0.25) is 9.59 Å². The van der Waals surface area contributed by atoms with Crippen LogP contribution < -0.4 is 10.1 Å². The summed E-state index contributed by atoms with van der Waals surface area (Å²) in [6.07, 6.45) is 4.02. The van der Waals surface area contributed by atoms with Crippen LogP contribution in [0, 0.1) is 0 Å². The van der Waals surface area contributed by atoms with Crippen molar-refractivity contribution in [3.8, 4) is 5.75 Å². The summed E-state index contributed by atoms with van der Waals surface area (Å²) >= 11 is 6.42. The summed E-state index contributed by atoms with van der Waals surface area (Å²) < 4.78 is 5.81. The molecule has 3 aromatic rings. The Balaban J connectivity index is 1.23. The quantitative estimate of drug-likeness (QED) is 0.353. The van der Waals surface area contributed by atoms with E-state index in [1.54, 1.807) is 18.2 Å². The molecule has 0 bridgehead atoms. The van der Waals surface area contributed by atoms with Gasteiger partial charge < -0.3 is 20.1 Å². The van der Waals surface area contributed by atoms with E-state index in [9.17, 15) is 14.7 Å². The largest absolute Gasteiger partial charge is 0.489 e. The molecule has 7 heteroatoms. The lowest BCUT2D eigenvalue weighted by Crippen LogP contribution is -2.48. The standard InChI is InChI=1S/C30H33ClN2O4/c31-25-18-23(10-14-28(25)37-24-11-12-24)29(35)26(19-33-15-3-4-16-33)32-30(36)27(34)13-8-20-7-9-21-5-1-2-6-22(21)17-20/h1-2,5-7,9-10,14,17-18,24,26,29,35H,3-4,8,11-13,15-16,19H2,(H,32,36)/t26-,29-/m1/s1. The number of benzene rings is 3. The Morgan fingerprint density at radius 3 is 2.51 bits per heavy atom. The van der Waals surface area contributed by atoms with Gasteiger partial charge in [-0.15, -0.1) is 0 Å². The molecule has 0 radical (unpaired) electrons. The van der Waals surface area contributed by atoms with Gasteiger partial charge in [0.25, 0.3) is 5.91 Å². The predicted octanol–water partition coefficient (Wildman–Crippen LogP) is 4.85. The minimum Gasteiger partial charge on any atom is -0.489 e. The van der Waals surface area contributed by atoms with E-state index in [1.165, 1.54) is 0 Å². The summed E-state index contributed by atoms with van der Waals surface area (Å²) in [5.41, 5.74) is 1.60. The summed E-state index contributed by atoms with van der Waals surface area (Å²) in [7, 11) is 0. The molecule has 1 amide bonds. The van der Waals surface area contributed by atoms with Crippen molar-refractivity contribution in [1.29, 1.82) is 0 Å². The number of amides is 1. The third-order valence-electron chi connectivity index (χ3n) is 7.17. The van der Waals surface area contributed by atoms with E-state index >= 15 is 0 Å². The average molecular weight is 521 g/mol. The molecule has 6 nitrogen and oxygen atoms in total. The monoisotopic (exact) mass is 520 g/mol. The first-order valence-electron chi connectivity index (χ1n) is 13.1. The number of halogens is 1. The van der Waals surface area contributed by atoms with Gasteiger partial charge >= 0.3 is 0 Å².